The summed E-state index contributed by atoms with van der Waals surface area (Å²) in [5, 5.41) is 5.14. The maximum Gasteiger partial charge on any atom is 0.0465 e. The lowest BCUT2D eigenvalue weighted by Crippen LogP contribution is -2.59. The van der Waals surface area contributed by atoms with Gasteiger partial charge in [0.2, 0.25) is 0 Å². The molecule has 3 rings (SSSR count). The van der Waals surface area contributed by atoms with Gasteiger partial charge in [-0.1, -0.05) is 42.1 Å². The topological polar surface area (TPSA) is 15.3 Å². The predicted molar refractivity (Wildman–Crippen MR) is 80.9 cm³/mol. The SMILES string of the molecule is Clc1cccc(Cl)c1CN1CCNCC12CCCC2. The Morgan fingerprint density at radius 2 is 1.84 bits per heavy atom. The van der Waals surface area contributed by atoms with Crippen LogP contribution in [0.4, 0.5) is 0 Å². The van der Waals surface area contributed by atoms with Crippen LogP contribution in [0.3, 0.4) is 0 Å². The average molecular weight is 299 g/mol. The van der Waals surface area contributed by atoms with Crippen LogP contribution in [0, 0.1) is 0 Å². The van der Waals surface area contributed by atoms with Crippen LogP contribution >= 0.6 is 23.2 Å². The Morgan fingerprint density at radius 3 is 2.53 bits per heavy atom. The number of rotatable bonds is 2. The Hall–Kier alpha value is -0.280. The van der Waals surface area contributed by atoms with Gasteiger partial charge in [0, 0.05) is 47.3 Å². The molecule has 1 aliphatic heterocycles. The number of hydrogen-bond donors (Lipinski definition) is 1. The number of nitrogens with one attached hydrogen (secondary N) is 1. The van der Waals surface area contributed by atoms with Gasteiger partial charge in [0.25, 0.3) is 0 Å². The average Bonchev–Trinajstić information content (AvgIpc) is 2.85. The van der Waals surface area contributed by atoms with Crippen LogP contribution in [-0.2, 0) is 6.54 Å². The monoisotopic (exact) mass is 298 g/mol. The molecule has 2 nitrogen and oxygen atoms in total. The summed E-state index contributed by atoms with van der Waals surface area (Å²) >= 11 is 12.6. The lowest BCUT2D eigenvalue weighted by molar-refractivity contribution is 0.0573. The lowest BCUT2D eigenvalue weighted by Gasteiger charge is -2.45. The highest BCUT2D eigenvalue weighted by Crippen LogP contribution is 2.38. The molecule has 4 heteroatoms. The normalized spacial score (nSPS) is 23.1. The van der Waals surface area contributed by atoms with Gasteiger partial charge < -0.3 is 5.32 Å². The number of halogens is 2. The van der Waals surface area contributed by atoms with Crippen LogP contribution in [0.1, 0.15) is 31.2 Å². The Labute approximate surface area is 125 Å². The number of hydrogen-bond acceptors (Lipinski definition) is 2. The molecule has 0 aromatic heterocycles. The molecule has 1 heterocycles. The highest BCUT2D eigenvalue weighted by Gasteiger charge is 2.41. The van der Waals surface area contributed by atoms with Gasteiger partial charge >= 0.3 is 0 Å². The minimum absolute atomic E-state index is 0.334. The van der Waals surface area contributed by atoms with Crippen molar-refractivity contribution >= 4 is 23.2 Å². The van der Waals surface area contributed by atoms with E-state index in [2.05, 4.69) is 10.2 Å². The second-order valence-corrected chi connectivity index (χ2v) is 6.54. The molecule has 1 spiro atoms. The highest BCUT2D eigenvalue weighted by molar-refractivity contribution is 6.35. The van der Waals surface area contributed by atoms with Crippen molar-refractivity contribution < 1.29 is 0 Å². The maximum atomic E-state index is 6.32. The molecule has 1 aromatic rings. The summed E-state index contributed by atoms with van der Waals surface area (Å²) in [4.78, 5) is 2.60. The molecular formula is C15H20Cl2N2. The zero-order valence-electron chi connectivity index (χ0n) is 11.1. The molecule has 104 valence electrons. The Balaban J connectivity index is 1.84. The third-order valence-electron chi connectivity index (χ3n) is 4.63. The molecule has 1 aliphatic carbocycles. The van der Waals surface area contributed by atoms with Crippen molar-refractivity contribution in [3.05, 3.63) is 33.8 Å². The van der Waals surface area contributed by atoms with Crippen molar-refractivity contribution in [2.45, 2.75) is 37.8 Å². The van der Waals surface area contributed by atoms with Crippen molar-refractivity contribution in [1.29, 1.82) is 0 Å². The van der Waals surface area contributed by atoms with Gasteiger partial charge in [-0.05, 0) is 25.0 Å². The summed E-state index contributed by atoms with van der Waals surface area (Å²) in [5.41, 5.74) is 1.42. The number of nitrogens with zero attached hydrogens (tertiary/aromatic N) is 1. The largest absolute Gasteiger partial charge is 0.314 e. The number of piperazine rings is 1. The van der Waals surface area contributed by atoms with E-state index in [9.17, 15) is 0 Å². The minimum Gasteiger partial charge on any atom is -0.314 e. The summed E-state index contributed by atoms with van der Waals surface area (Å²) in [6.45, 7) is 4.13. The van der Waals surface area contributed by atoms with Crippen molar-refractivity contribution in [1.82, 2.24) is 10.2 Å². The van der Waals surface area contributed by atoms with E-state index < -0.39 is 0 Å². The lowest BCUT2D eigenvalue weighted by atomic mass is 9.92. The molecule has 2 fully saturated rings. The van der Waals surface area contributed by atoms with Crippen LogP contribution in [0.2, 0.25) is 10.0 Å². The Bertz CT molecular complexity index is 435. The van der Waals surface area contributed by atoms with E-state index in [0.717, 1.165) is 41.8 Å². The molecule has 1 N–H and O–H groups in total. The van der Waals surface area contributed by atoms with Gasteiger partial charge in [-0.15, -0.1) is 0 Å². The first-order valence-corrected chi connectivity index (χ1v) is 7.86. The first-order valence-electron chi connectivity index (χ1n) is 7.10. The van der Waals surface area contributed by atoms with Gasteiger partial charge in [0.1, 0.15) is 0 Å². The Kier molecular flexibility index (Phi) is 4.04. The van der Waals surface area contributed by atoms with Crippen molar-refractivity contribution in [2.24, 2.45) is 0 Å². The molecule has 0 radical (unpaired) electrons. The summed E-state index contributed by atoms with van der Waals surface area (Å²) in [6, 6.07) is 5.79. The molecule has 1 saturated carbocycles. The van der Waals surface area contributed by atoms with E-state index in [0.29, 0.717) is 5.54 Å². The fourth-order valence-electron chi connectivity index (χ4n) is 3.53. The van der Waals surface area contributed by atoms with Crippen molar-refractivity contribution in [3.8, 4) is 0 Å². The van der Waals surface area contributed by atoms with Gasteiger partial charge in [0.05, 0.1) is 0 Å². The van der Waals surface area contributed by atoms with Crippen molar-refractivity contribution in [2.75, 3.05) is 19.6 Å². The predicted octanol–water partition coefficient (Wildman–Crippen LogP) is 3.71. The zero-order chi connectivity index (χ0) is 13.3. The van der Waals surface area contributed by atoms with Crippen LogP contribution in [0.15, 0.2) is 18.2 Å². The first-order chi connectivity index (χ1) is 9.21. The van der Waals surface area contributed by atoms with Crippen LogP contribution in [0.5, 0.6) is 0 Å². The highest BCUT2D eigenvalue weighted by atomic mass is 35.5. The van der Waals surface area contributed by atoms with Gasteiger partial charge in [0.15, 0.2) is 0 Å². The summed E-state index contributed by atoms with van der Waals surface area (Å²) in [6.07, 6.45) is 5.27. The molecular weight excluding hydrogens is 279 g/mol. The van der Waals surface area contributed by atoms with Crippen LogP contribution in [0.25, 0.3) is 0 Å². The van der Waals surface area contributed by atoms with E-state index >= 15 is 0 Å². The van der Waals surface area contributed by atoms with E-state index in [-0.39, 0.29) is 0 Å². The summed E-state index contributed by atoms with van der Waals surface area (Å²) in [7, 11) is 0. The number of benzene rings is 1. The molecule has 0 amide bonds. The standard InChI is InChI=1S/C15H20Cl2N2/c16-13-4-3-5-14(17)12(13)10-19-9-8-18-11-15(19)6-1-2-7-15/h3-5,18H,1-2,6-11H2. The molecule has 0 bridgehead atoms. The third kappa shape index (κ3) is 2.64. The maximum absolute atomic E-state index is 6.32. The quantitative estimate of drug-likeness (QED) is 0.895. The first kappa shape index (κ1) is 13.7. The summed E-state index contributed by atoms with van der Waals surface area (Å²) in [5.74, 6) is 0. The Morgan fingerprint density at radius 1 is 1.16 bits per heavy atom. The van der Waals surface area contributed by atoms with E-state index in [4.69, 9.17) is 23.2 Å². The van der Waals surface area contributed by atoms with Gasteiger partial charge in [-0.3, -0.25) is 4.90 Å². The molecule has 0 unspecified atom stereocenters. The van der Waals surface area contributed by atoms with Crippen LogP contribution < -0.4 is 5.32 Å². The molecule has 2 aliphatic rings. The van der Waals surface area contributed by atoms with Crippen LogP contribution in [-0.4, -0.2) is 30.1 Å². The molecule has 1 aromatic carbocycles. The fraction of sp³-hybridized carbons (Fsp3) is 0.600. The van der Waals surface area contributed by atoms with Gasteiger partial charge in [-0.2, -0.15) is 0 Å². The fourth-order valence-corrected chi connectivity index (χ4v) is 4.05. The van der Waals surface area contributed by atoms with E-state index in [1.54, 1.807) is 0 Å². The molecule has 1 saturated heterocycles. The van der Waals surface area contributed by atoms with Gasteiger partial charge in [-0.25, -0.2) is 0 Å². The molecule has 19 heavy (non-hydrogen) atoms. The minimum atomic E-state index is 0.334. The molecule has 0 atom stereocenters. The second kappa shape index (κ2) is 5.61. The zero-order valence-corrected chi connectivity index (χ0v) is 12.6. The smallest absolute Gasteiger partial charge is 0.0465 e. The third-order valence-corrected chi connectivity index (χ3v) is 5.34. The van der Waals surface area contributed by atoms with Crippen molar-refractivity contribution in [3.63, 3.8) is 0 Å². The van der Waals surface area contributed by atoms with E-state index in [1.165, 1.54) is 25.7 Å². The van der Waals surface area contributed by atoms with E-state index in [1.807, 2.05) is 18.2 Å². The summed E-state index contributed by atoms with van der Waals surface area (Å²) < 4.78 is 0. The second-order valence-electron chi connectivity index (χ2n) is 5.73.